The van der Waals surface area contributed by atoms with Gasteiger partial charge in [0.1, 0.15) is 0 Å². The van der Waals surface area contributed by atoms with Crippen molar-refractivity contribution in [1.82, 2.24) is 4.98 Å². The lowest BCUT2D eigenvalue weighted by atomic mass is 9.65. The monoisotopic (exact) mass is 346 g/mol. The van der Waals surface area contributed by atoms with Gasteiger partial charge in [0, 0.05) is 33.8 Å². The van der Waals surface area contributed by atoms with Crippen LogP contribution in [0.2, 0.25) is 5.02 Å². The maximum absolute atomic E-state index is 11.1. The fourth-order valence-electron chi connectivity index (χ4n) is 4.77. The molecule has 2 aromatic rings. The Morgan fingerprint density at radius 1 is 1.29 bits per heavy atom. The van der Waals surface area contributed by atoms with Crippen molar-refractivity contribution in [2.24, 2.45) is 17.7 Å². The molecule has 1 aromatic heterocycles. The predicted octanol–water partition coefficient (Wildman–Crippen LogP) is 2.17. The number of fused-ring (bicyclic) bond motifs is 5. The van der Waals surface area contributed by atoms with Gasteiger partial charge in [-0.05, 0) is 61.6 Å². The highest BCUT2D eigenvalue weighted by molar-refractivity contribution is 6.31. The van der Waals surface area contributed by atoms with E-state index in [1.807, 2.05) is 18.2 Å². The number of anilines is 1. The number of nitrogens with one attached hydrogen (secondary N) is 1. The van der Waals surface area contributed by atoms with E-state index >= 15 is 0 Å². The summed E-state index contributed by atoms with van der Waals surface area (Å²) in [6.45, 7) is 0.487. The minimum absolute atomic E-state index is 0.199. The first-order chi connectivity index (χ1) is 11.5. The smallest absolute Gasteiger partial charge is 0.0944 e. The third-order valence-electron chi connectivity index (χ3n) is 5.70. The van der Waals surface area contributed by atoms with Crippen molar-refractivity contribution >= 4 is 28.2 Å². The first-order valence-corrected chi connectivity index (χ1v) is 9.05. The van der Waals surface area contributed by atoms with Crippen LogP contribution in [0.15, 0.2) is 18.2 Å². The summed E-state index contributed by atoms with van der Waals surface area (Å²) in [5, 5.41) is 12.6. The Kier molecular flexibility index (Phi) is 4.12. The van der Waals surface area contributed by atoms with Crippen molar-refractivity contribution in [3.05, 3.63) is 39.7 Å². The molecule has 1 saturated carbocycles. The average Bonchev–Trinajstić information content (AvgIpc) is 2.52. The van der Waals surface area contributed by atoms with E-state index in [1.165, 1.54) is 18.4 Å². The third-order valence-corrected chi connectivity index (χ3v) is 5.93. The van der Waals surface area contributed by atoms with Crippen LogP contribution in [0.5, 0.6) is 0 Å². The highest BCUT2D eigenvalue weighted by Crippen LogP contribution is 2.49. The minimum atomic E-state index is -0.199. The van der Waals surface area contributed by atoms with Crippen LogP contribution in [-0.2, 0) is 6.42 Å². The standard InChI is InChI=1S/C18H23ClN4O/c19-13-1-2-14-15(9-13)22-16-8-11-5-10(3-4-23(21)24)6-12(7-11)17(16)18(14)20/h1-2,9-12,23H,3-8,21H2,(H2,20,22). The van der Waals surface area contributed by atoms with Gasteiger partial charge >= 0.3 is 0 Å². The molecule has 0 aliphatic heterocycles. The quantitative estimate of drug-likeness (QED) is 0.586. The second kappa shape index (κ2) is 6.15. The summed E-state index contributed by atoms with van der Waals surface area (Å²) in [6, 6.07) is 5.74. The Morgan fingerprint density at radius 2 is 2.12 bits per heavy atom. The first-order valence-electron chi connectivity index (χ1n) is 8.67. The second-order valence-electron chi connectivity index (χ2n) is 7.39. The van der Waals surface area contributed by atoms with Crippen molar-refractivity contribution in [2.75, 3.05) is 12.3 Å². The number of hydroxylamine groups is 1. The van der Waals surface area contributed by atoms with E-state index in [2.05, 4.69) is 0 Å². The van der Waals surface area contributed by atoms with Gasteiger partial charge in [-0.1, -0.05) is 11.6 Å². The van der Waals surface area contributed by atoms with Gasteiger partial charge in [0.15, 0.2) is 0 Å². The lowest BCUT2D eigenvalue weighted by Gasteiger charge is -2.40. The summed E-state index contributed by atoms with van der Waals surface area (Å²) in [6.07, 6.45) is 5.31. The number of nitrogens with zero attached hydrogens (tertiary/aromatic N) is 1. The molecule has 1 aromatic carbocycles. The number of rotatable bonds is 3. The normalized spacial score (nSPS) is 27.0. The Morgan fingerprint density at radius 3 is 2.92 bits per heavy atom. The minimum Gasteiger partial charge on any atom is -0.613 e. The maximum atomic E-state index is 11.1. The zero-order valence-electron chi connectivity index (χ0n) is 13.6. The molecule has 1 fully saturated rings. The van der Waals surface area contributed by atoms with Crippen molar-refractivity contribution in [3.8, 4) is 0 Å². The number of hydrogen-bond donors (Lipinski definition) is 3. The number of pyridine rings is 1. The molecule has 5 N–H and O–H groups in total. The van der Waals surface area contributed by atoms with Crippen LogP contribution < -0.4 is 16.7 Å². The molecule has 5 nitrogen and oxygen atoms in total. The lowest BCUT2D eigenvalue weighted by molar-refractivity contribution is -0.861. The van der Waals surface area contributed by atoms with Crippen LogP contribution >= 0.6 is 11.6 Å². The molecule has 24 heavy (non-hydrogen) atoms. The predicted molar refractivity (Wildman–Crippen MR) is 96.4 cm³/mol. The molecule has 4 rings (SSSR count). The van der Waals surface area contributed by atoms with Crippen molar-refractivity contribution < 1.29 is 5.17 Å². The van der Waals surface area contributed by atoms with Crippen LogP contribution in [0.3, 0.4) is 0 Å². The molecule has 2 aliphatic rings. The number of nitrogens with two attached hydrogens (primary N) is 2. The van der Waals surface area contributed by atoms with Crippen LogP contribution in [0, 0.1) is 17.0 Å². The molecule has 1 heterocycles. The van der Waals surface area contributed by atoms with Crippen molar-refractivity contribution in [3.63, 3.8) is 0 Å². The molecule has 0 radical (unpaired) electrons. The second-order valence-corrected chi connectivity index (χ2v) is 7.83. The molecule has 0 spiro atoms. The van der Waals surface area contributed by atoms with E-state index in [1.54, 1.807) is 0 Å². The molecule has 4 unspecified atom stereocenters. The average molecular weight is 347 g/mol. The number of aromatic nitrogens is 1. The topological polar surface area (TPSA) is 92.4 Å². The van der Waals surface area contributed by atoms with Crippen LogP contribution in [0.25, 0.3) is 10.9 Å². The largest absolute Gasteiger partial charge is 0.613 e. The van der Waals surface area contributed by atoms with Gasteiger partial charge in [0.25, 0.3) is 0 Å². The van der Waals surface area contributed by atoms with E-state index in [-0.39, 0.29) is 5.17 Å². The molecule has 2 aliphatic carbocycles. The molecule has 4 atom stereocenters. The Balaban J connectivity index is 1.69. The van der Waals surface area contributed by atoms with Gasteiger partial charge in [-0.25, -0.2) is 0 Å². The Labute approximate surface area is 146 Å². The zero-order chi connectivity index (χ0) is 16.8. The summed E-state index contributed by atoms with van der Waals surface area (Å²) < 4.78 is 0. The van der Waals surface area contributed by atoms with E-state index in [9.17, 15) is 5.21 Å². The third kappa shape index (κ3) is 2.86. The van der Waals surface area contributed by atoms with Crippen molar-refractivity contribution in [1.29, 1.82) is 0 Å². The van der Waals surface area contributed by atoms with Gasteiger partial charge in [-0.2, -0.15) is 5.84 Å². The number of halogens is 1. The first kappa shape index (κ1) is 16.1. The fourth-order valence-corrected chi connectivity index (χ4v) is 4.93. The number of benzene rings is 1. The van der Waals surface area contributed by atoms with Crippen LogP contribution in [-0.4, -0.2) is 11.5 Å². The van der Waals surface area contributed by atoms with E-state index in [4.69, 9.17) is 28.2 Å². The van der Waals surface area contributed by atoms with Crippen LogP contribution in [0.4, 0.5) is 5.69 Å². The highest BCUT2D eigenvalue weighted by Gasteiger charge is 2.37. The highest BCUT2D eigenvalue weighted by atomic mass is 35.5. The summed E-state index contributed by atoms with van der Waals surface area (Å²) in [5.74, 6) is 6.98. The molecule has 0 amide bonds. The van der Waals surface area contributed by atoms with Crippen molar-refractivity contribution in [2.45, 2.75) is 38.0 Å². The van der Waals surface area contributed by atoms with Gasteiger partial charge in [0.05, 0.1) is 12.1 Å². The molecule has 6 heteroatoms. The number of hydrogen-bond acceptors (Lipinski definition) is 4. The zero-order valence-corrected chi connectivity index (χ0v) is 14.4. The van der Waals surface area contributed by atoms with Gasteiger partial charge in [-0.3, -0.25) is 10.2 Å². The summed E-state index contributed by atoms with van der Waals surface area (Å²) in [7, 11) is 0. The Hall–Kier alpha value is -1.40. The number of nitrogen functional groups attached to an aromatic ring is 1. The molecule has 128 valence electrons. The molecule has 0 saturated heterocycles. The summed E-state index contributed by atoms with van der Waals surface area (Å²) >= 11 is 6.11. The molecular weight excluding hydrogens is 324 g/mol. The lowest BCUT2D eigenvalue weighted by Crippen LogP contribution is -3.13. The molecule has 2 bridgehead atoms. The SMILES string of the molecule is Nc1c2c(nc3cc(Cl)ccc13)CC1CC(CC[NH+](N)[O-])CC2C1. The molecular formula is C18H23ClN4O. The van der Waals surface area contributed by atoms with Crippen LogP contribution in [0.1, 0.15) is 42.9 Å². The number of quaternary nitrogens is 1. The Bertz CT molecular complexity index is 779. The van der Waals surface area contributed by atoms with E-state index in [0.717, 1.165) is 41.5 Å². The van der Waals surface area contributed by atoms with E-state index < -0.39 is 0 Å². The van der Waals surface area contributed by atoms with E-state index in [0.29, 0.717) is 29.3 Å². The summed E-state index contributed by atoms with van der Waals surface area (Å²) in [5.41, 5.74) is 10.7. The van der Waals surface area contributed by atoms with Gasteiger partial charge in [0.2, 0.25) is 0 Å². The maximum Gasteiger partial charge on any atom is 0.0944 e. The fraction of sp³-hybridized carbons (Fsp3) is 0.500. The van der Waals surface area contributed by atoms with Gasteiger partial charge < -0.3 is 10.9 Å². The summed E-state index contributed by atoms with van der Waals surface area (Å²) in [4.78, 5) is 4.88. The van der Waals surface area contributed by atoms with Gasteiger partial charge in [-0.15, -0.1) is 0 Å².